The summed E-state index contributed by atoms with van der Waals surface area (Å²) in [5.41, 5.74) is 3.30. The molecule has 1 amide bonds. The predicted octanol–water partition coefficient (Wildman–Crippen LogP) is 4.11. The van der Waals surface area contributed by atoms with Gasteiger partial charge in [0.1, 0.15) is 5.75 Å². The maximum Gasteiger partial charge on any atom is 0.308 e. The summed E-state index contributed by atoms with van der Waals surface area (Å²) in [5.74, 6) is 0.0583. The van der Waals surface area contributed by atoms with Crippen molar-refractivity contribution in [3.63, 3.8) is 0 Å². The van der Waals surface area contributed by atoms with Gasteiger partial charge < -0.3 is 10.1 Å². The Balaban J connectivity index is 1.60. The lowest BCUT2D eigenvalue weighted by molar-refractivity contribution is -0.131. The van der Waals surface area contributed by atoms with Gasteiger partial charge in [-0.1, -0.05) is 42.1 Å². The van der Waals surface area contributed by atoms with Gasteiger partial charge in [-0.2, -0.15) is 0 Å². The van der Waals surface area contributed by atoms with Crippen LogP contribution in [0.25, 0.3) is 11.3 Å². The Hall–Kier alpha value is -3.19. The Kier molecular flexibility index (Phi) is 6.39. The third-order valence-electron chi connectivity index (χ3n) is 3.64. The summed E-state index contributed by atoms with van der Waals surface area (Å²) in [4.78, 5) is 32.1. The number of hydrogen-bond acceptors (Lipinski definition) is 6. The van der Waals surface area contributed by atoms with Crippen molar-refractivity contribution in [1.29, 1.82) is 0 Å². The number of nitrogens with zero attached hydrogens (tertiary/aromatic N) is 2. The molecule has 2 aromatic carbocycles. The van der Waals surface area contributed by atoms with E-state index in [1.807, 2.05) is 43.3 Å². The number of hydrogen-bond donors (Lipinski definition) is 1. The molecule has 0 aliphatic heterocycles. The van der Waals surface area contributed by atoms with E-state index < -0.39 is 0 Å². The highest BCUT2D eigenvalue weighted by molar-refractivity contribution is 7.99. The molecule has 3 aromatic rings. The summed E-state index contributed by atoms with van der Waals surface area (Å²) < 4.78 is 4.97. The van der Waals surface area contributed by atoms with Gasteiger partial charge in [-0.25, -0.2) is 9.97 Å². The number of esters is 1. The Morgan fingerprint density at radius 2 is 1.75 bits per heavy atom. The number of nitrogens with one attached hydrogen (secondary N) is 1. The highest BCUT2D eigenvalue weighted by Crippen LogP contribution is 2.22. The molecule has 6 nitrogen and oxygen atoms in total. The molecule has 0 spiro atoms. The highest BCUT2D eigenvalue weighted by Gasteiger charge is 2.09. The van der Waals surface area contributed by atoms with Gasteiger partial charge in [0.25, 0.3) is 0 Å². The number of rotatable bonds is 6. The quantitative estimate of drug-likeness (QED) is 0.294. The molecular formula is C21H19N3O3S. The van der Waals surface area contributed by atoms with Crippen LogP contribution in [0.3, 0.4) is 0 Å². The van der Waals surface area contributed by atoms with Crippen molar-refractivity contribution in [3.05, 3.63) is 66.4 Å². The van der Waals surface area contributed by atoms with E-state index in [0.29, 0.717) is 16.6 Å². The van der Waals surface area contributed by atoms with Crippen molar-refractivity contribution in [2.75, 3.05) is 11.1 Å². The van der Waals surface area contributed by atoms with Gasteiger partial charge in [-0.15, -0.1) is 0 Å². The monoisotopic (exact) mass is 393 g/mol. The Bertz CT molecular complexity index is 976. The summed E-state index contributed by atoms with van der Waals surface area (Å²) in [7, 11) is 0. The molecule has 7 heteroatoms. The molecule has 28 heavy (non-hydrogen) atoms. The second-order valence-corrected chi connectivity index (χ2v) is 6.94. The van der Waals surface area contributed by atoms with Gasteiger partial charge in [0.2, 0.25) is 5.91 Å². The average Bonchev–Trinajstić information content (AvgIpc) is 2.68. The fourth-order valence-corrected chi connectivity index (χ4v) is 3.17. The van der Waals surface area contributed by atoms with Crippen LogP contribution in [0, 0.1) is 6.92 Å². The van der Waals surface area contributed by atoms with Crippen molar-refractivity contribution in [1.82, 2.24) is 9.97 Å². The fourth-order valence-electron chi connectivity index (χ4n) is 2.46. The summed E-state index contributed by atoms with van der Waals surface area (Å²) in [6, 6.07) is 18.4. The summed E-state index contributed by atoms with van der Waals surface area (Å²) in [6.45, 7) is 3.24. The van der Waals surface area contributed by atoms with Crippen LogP contribution in [0.15, 0.2) is 65.8 Å². The second-order valence-electron chi connectivity index (χ2n) is 6.00. The molecule has 0 bridgehead atoms. The first-order valence-corrected chi connectivity index (χ1v) is 9.60. The topological polar surface area (TPSA) is 81.2 Å². The summed E-state index contributed by atoms with van der Waals surface area (Å²) in [6.07, 6.45) is 0. The van der Waals surface area contributed by atoms with Crippen molar-refractivity contribution in [3.8, 4) is 17.0 Å². The van der Waals surface area contributed by atoms with E-state index in [-0.39, 0.29) is 17.6 Å². The Morgan fingerprint density at radius 1 is 1.04 bits per heavy atom. The first-order chi connectivity index (χ1) is 13.5. The lowest BCUT2D eigenvalue weighted by atomic mass is 10.1. The number of thioether (sulfide) groups is 1. The lowest BCUT2D eigenvalue weighted by Crippen LogP contribution is -2.14. The van der Waals surface area contributed by atoms with Crippen molar-refractivity contribution >= 4 is 29.3 Å². The molecule has 1 N–H and O–H groups in total. The number of aromatic nitrogens is 2. The molecule has 1 aromatic heterocycles. The van der Waals surface area contributed by atoms with E-state index in [1.54, 1.807) is 24.3 Å². The van der Waals surface area contributed by atoms with Crippen LogP contribution in [0.4, 0.5) is 5.69 Å². The molecule has 1 heterocycles. The smallest absolute Gasteiger partial charge is 0.308 e. The van der Waals surface area contributed by atoms with E-state index in [9.17, 15) is 9.59 Å². The minimum Gasteiger partial charge on any atom is -0.427 e. The van der Waals surface area contributed by atoms with E-state index >= 15 is 0 Å². The Morgan fingerprint density at radius 3 is 2.43 bits per heavy atom. The van der Waals surface area contributed by atoms with Crippen molar-refractivity contribution in [2.24, 2.45) is 0 Å². The standard InChI is InChI=1S/C21H19N3O3S/c1-14-12-19(16-6-4-3-5-7-16)24-21(22-14)28-13-20(26)23-17-8-10-18(11-9-17)27-15(2)25/h3-12H,13H2,1-2H3,(H,23,26). The van der Waals surface area contributed by atoms with Crippen LogP contribution in [0.5, 0.6) is 5.75 Å². The van der Waals surface area contributed by atoms with E-state index in [4.69, 9.17) is 4.74 Å². The van der Waals surface area contributed by atoms with E-state index in [2.05, 4.69) is 15.3 Å². The van der Waals surface area contributed by atoms with Gasteiger partial charge in [-0.3, -0.25) is 9.59 Å². The maximum atomic E-state index is 12.2. The summed E-state index contributed by atoms with van der Waals surface area (Å²) >= 11 is 1.28. The number of benzene rings is 2. The van der Waals surface area contributed by atoms with Gasteiger partial charge in [0, 0.05) is 23.9 Å². The molecule has 0 saturated heterocycles. The largest absolute Gasteiger partial charge is 0.427 e. The van der Waals surface area contributed by atoms with E-state index in [1.165, 1.54) is 18.7 Å². The molecule has 0 fully saturated rings. The van der Waals surface area contributed by atoms with Crippen LogP contribution in [0.1, 0.15) is 12.6 Å². The molecule has 0 aliphatic carbocycles. The molecule has 3 rings (SSSR count). The first-order valence-electron chi connectivity index (χ1n) is 8.62. The van der Waals surface area contributed by atoms with Gasteiger partial charge in [-0.05, 0) is 37.3 Å². The predicted molar refractivity (Wildman–Crippen MR) is 109 cm³/mol. The molecule has 0 radical (unpaired) electrons. The van der Waals surface area contributed by atoms with E-state index in [0.717, 1.165) is 17.0 Å². The molecule has 0 saturated carbocycles. The molecule has 0 unspecified atom stereocenters. The van der Waals surface area contributed by atoms with Gasteiger partial charge in [0.15, 0.2) is 5.16 Å². The number of amides is 1. The highest BCUT2D eigenvalue weighted by atomic mass is 32.2. The summed E-state index contributed by atoms with van der Waals surface area (Å²) in [5, 5.41) is 3.35. The molecule has 0 aliphatic rings. The third-order valence-corrected chi connectivity index (χ3v) is 4.48. The van der Waals surface area contributed by atoms with Gasteiger partial charge in [0.05, 0.1) is 11.4 Å². The fraction of sp³-hybridized carbons (Fsp3) is 0.143. The zero-order chi connectivity index (χ0) is 19.9. The van der Waals surface area contributed by atoms with Gasteiger partial charge >= 0.3 is 5.97 Å². The Labute approximate surface area is 167 Å². The second kappa shape index (κ2) is 9.14. The minimum absolute atomic E-state index is 0.170. The number of carbonyl (C=O) groups excluding carboxylic acids is 2. The molecule has 0 atom stereocenters. The van der Waals surface area contributed by atoms with Crippen molar-refractivity contribution < 1.29 is 14.3 Å². The average molecular weight is 393 g/mol. The first kappa shape index (κ1) is 19.6. The van der Waals surface area contributed by atoms with Crippen molar-refractivity contribution in [2.45, 2.75) is 19.0 Å². The molecular weight excluding hydrogens is 374 g/mol. The third kappa shape index (κ3) is 5.65. The zero-order valence-corrected chi connectivity index (χ0v) is 16.3. The van der Waals surface area contributed by atoms with Crippen LogP contribution in [-0.4, -0.2) is 27.6 Å². The number of carbonyl (C=O) groups is 2. The van der Waals surface area contributed by atoms with Crippen LogP contribution >= 0.6 is 11.8 Å². The normalized spacial score (nSPS) is 10.4. The number of ether oxygens (including phenoxy) is 1. The number of aryl methyl sites for hydroxylation is 1. The lowest BCUT2D eigenvalue weighted by Gasteiger charge is -2.08. The minimum atomic E-state index is -0.388. The van der Waals surface area contributed by atoms with Crippen LogP contribution in [-0.2, 0) is 9.59 Å². The number of anilines is 1. The molecule has 142 valence electrons. The SMILES string of the molecule is CC(=O)Oc1ccc(NC(=O)CSc2nc(C)cc(-c3ccccc3)n2)cc1. The van der Waals surface area contributed by atoms with Crippen LogP contribution in [0.2, 0.25) is 0 Å². The van der Waals surface area contributed by atoms with Crippen LogP contribution < -0.4 is 10.1 Å². The zero-order valence-electron chi connectivity index (χ0n) is 15.5. The maximum absolute atomic E-state index is 12.2.